The summed E-state index contributed by atoms with van der Waals surface area (Å²) in [4.78, 5) is 12.2. The lowest BCUT2D eigenvalue weighted by molar-refractivity contribution is 0.0540. The lowest BCUT2D eigenvalue weighted by Gasteiger charge is -2.32. The van der Waals surface area contributed by atoms with Gasteiger partial charge in [0.2, 0.25) is 5.78 Å². The summed E-state index contributed by atoms with van der Waals surface area (Å²) >= 11 is 5.86. The summed E-state index contributed by atoms with van der Waals surface area (Å²) in [5.74, 6) is 0.216. The third-order valence-corrected chi connectivity index (χ3v) is 3.58. The van der Waals surface area contributed by atoms with Crippen LogP contribution in [0.15, 0.2) is 22.8 Å². The van der Waals surface area contributed by atoms with Crippen molar-refractivity contribution in [3.05, 3.63) is 24.2 Å². The standard InChI is InChI=1S/C11H17ClO3Si/c1-11(8-12,15-16(2,3)4)10(13)9-6-5-7-14-9/h5-7H,8H2,1-4H3/t11-/m1/s1. The van der Waals surface area contributed by atoms with Gasteiger partial charge in [0.25, 0.3) is 0 Å². The molecule has 1 heterocycles. The fraction of sp³-hybridized carbons (Fsp3) is 0.545. The fourth-order valence-corrected chi connectivity index (χ4v) is 3.26. The molecule has 0 saturated heterocycles. The molecule has 1 aromatic rings. The van der Waals surface area contributed by atoms with E-state index in [2.05, 4.69) is 0 Å². The zero-order valence-corrected chi connectivity index (χ0v) is 11.8. The first-order valence-corrected chi connectivity index (χ1v) is 9.07. The molecule has 3 nitrogen and oxygen atoms in total. The Morgan fingerprint density at radius 3 is 2.56 bits per heavy atom. The van der Waals surface area contributed by atoms with E-state index in [1.807, 2.05) is 19.6 Å². The molecule has 0 saturated carbocycles. The average molecular weight is 261 g/mol. The highest BCUT2D eigenvalue weighted by atomic mass is 35.5. The topological polar surface area (TPSA) is 39.4 Å². The van der Waals surface area contributed by atoms with Crippen LogP contribution in [0.5, 0.6) is 0 Å². The van der Waals surface area contributed by atoms with E-state index in [1.165, 1.54) is 6.26 Å². The summed E-state index contributed by atoms with van der Waals surface area (Å²) in [6, 6.07) is 3.30. The molecule has 1 atom stereocenters. The van der Waals surface area contributed by atoms with Crippen LogP contribution in [0.3, 0.4) is 0 Å². The van der Waals surface area contributed by atoms with Crippen molar-refractivity contribution in [1.82, 2.24) is 0 Å². The quantitative estimate of drug-likeness (QED) is 0.463. The second kappa shape index (κ2) is 4.73. The average Bonchev–Trinajstić information content (AvgIpc) is 2.66. The van der Waals surface area contributed by atoms with Crippen LogP contribution in [0.2, 0.25) is 19.6 Å². The maximum Gasteiger partial charge on any atom is 0.229 e. The minimum atomic E-state index is -1.84. The van der Waals surface area contributed by atoms with Gasteiger partial charge >= 0.3 is 0 Å². The second-order valence-corrected chi connectivity index (χ2v) is 9.58. The monoisotopic (exact) mass is 260 g/mol. The number of alkyl halides is 1. The molecule has 1 aromatic heterocycles. The third-order valence-electron chi connectivity index (χ3n) is 2.01. The second-order valence-electron chi connectivity index (χ2n) is 4.89. The number of carbonyl (C=O) groups is 1. The third kappa shape index (κ3) is 3.20. The highest BCUT2D eigenvalue weighted by Crippen LogP contribution is 2.24. The van der Waals surface area contributed by atoms with Crippen molar-refractivity contribution < 1.29 is 13.6 Å². The van der Waals surface area contributed by atoms with E-state index in [4.69, 9.17) is 20.4 Å². The molecule has 0 aliphatic carbocycles. The molecule has 0 aromatic carbocycles. The van der Waals surface area contributed by atoms with Crippen molar-refractivity contribution in [2.75, 3.05) is 5.88 Å². The molecule has 0 spiro atoms. The fourth-order valence-electron chi connectivity index (χ4n) is 1.48. The molecule has 0 aliphatic heterocycles. The summed E-state index contributed by atoms with van der Waals surface area (Å²) < 4.78 is 10.9. The molecule has 16 heavy (non-hydrogen) atoms. The predicted molar refractivity (Wildman–Crippen MR) is 66.6 cm³/mol. The molecule has 0 N–H and O–H groups in total. The molecule has 0 radical (unpaired) electrons. The predicted octanol–water partition coefficient (Wildman–Crippen LogP) is 3.31. The number of ketones is 1. The van der Waals surface area contributed by atoms with Crippen LogP contribution in [0.1, 0.15) is 17.5 Å². The van der Waals surface area contributed by atoms with Crippen LogP contribution in [-0.4, -0.2) is 25.6 Å². The Balaban J connectivity index is 2.93. The van der Waals surface area contributed by atoms with Gasteiger partial charge in [0.05, 0.1) is 12.1 Å². The number of hydrogen-bond donors (Lipinski definition) is 0. The van der Waals surface area contributed by atoms with Crippen molar-refractivity contribution in [1.29, 1.82) is 0 Å². The van der Waals surface area contributed by atoms with Crippen LogP contribution in [-0.2, 0) is 4.43 Å². The first-order valence-electron chi connectivity index (χ1n) is 5.13. The molecule has 0 aliphatic rings. The molecule has 0 amide bonds. The first kappa shape index (κ1) is 13.5. The maximum atomic E-state index is 12.2. The van der Waals surface area contributed by atoms with Gasteiger partial charge in [-0.25, -0.2) is 0 Å². The van der Waals surface area contributed by atoms with E-state index in [0.717, 1.165) is 0 Å². The van der Waals surface area contributed by atoms with Gasteiger partial charge in [-0.15, -0.1) is 11.6 Å². The maximum absolute atomic E-state index is 12.2. The minimum Gasteiger partial charge on any atom is -0.461 e. The zero-order chi connectivity index (χ0) is 12.4. The van der Waals surface area contributed by atoms with Crippen molar-refractivity contribution in [3.63, 3.8) is 0 Å². The summed E-state index contributed by atoms with van der Waals surface area (Å²) in [6.45, 7) is 7.77. The summed E-state index contributed by atoms with van der Waals surface area (Å²) in [7, 11) is -1.84. The van der Waals surface area contributed by atoms with Gasteiger partial charge in [-0.1, -0.05) is 0 Å². The lowest BCUT2D eigenvalue weighted by atomic mass is 10.0. The number of halogens is 1. The van der Waals surface area contributed by atoms with Gasteiger partial charge in [0, 0.05) is 0 Å². The molecule has 90 valence electrons. The van der Waals surface area contributed by atoms with Crippen LogP contribution in [0.4, 0.5) is 0 Å². The lowest BCUT2D eigenvalue weighted by Crippen LogP contribution is -2.47. The molecule has 1 rings (SSSR count). The van der Waals surface area contributed by atoms with Crippen molar-refractivity contribution in [3.8, 4) is 0 Å². The Kier molecular flexibility index (Phi) is 3.99. The van der Waals surface area contributed by atoms with Crippen molar-refractivity contribution >= 4 is 25.7 Å². The van der Waals surface area contributed by atoms with Crippen LogP contribution < -0.4 is 0 Å². The number of Topliss-reactive ketones (excluding diaryl/α,β-unsaturated/α-hetero) is 1. The van der Waals surface area contributed by atoms with Crippen LogP contribution in [0, 0.1) is 0 Å². The Morgan fingerprint density at radius 1 is 1.56 bits per heavy atom. The molecular weight excluding hydrogens is 244 g/mol. The minimum absolute atomic E-state index is 0.122. The van der Waals surface area contributed by atoms with Gasteiger partial charge in [-0.05, 0) is 38.7 Å². The first-order chi connectivity index (χ1) is 7.28. The largest absolute Gasteiger partial charge is 0.461 e. The number of hydrogen-bond acceptors (Lipinski definition) is 3. The van der Waals surface area contributed by atoms with E-state index in [1.54, 1.807) is 19.1 Å². The zero-order valence-electron chi connectivity index (χ0n) is 10.0. The van der Waals surface area contributed by atoms with Crippen molar-refractivity contribution in [2.45, 2.75) is 32.2 Å². The van der Waals surface area contributed by atoms with E-state index in [0.29, 0.717) is 5.76 Å². The molecule has 0 bridgehead atoms. The van der Waals surface area contributed by atoms with Gasteiger partial charge in [0.15, 0.2) is 14.1 Å². The summed E-state index contributed by atoms with van der Waals surface area (Å²) in [5.41, 5.74) is -0.996. The Hall–Kier alpha value is -0.583. The summed E-state index contributed by atoms with van der Waals surface area (Å²) in [6.07, 6.45) is 1.47. The Labute approximate surface area is 102 Å². The molecule has 0 fully saturated rings. The van der Waals surface area contributed by atoms with E-state index in [-0.39, 0.29) is 11.7 Å². The molecule has 0 unspecified atom stereocenters. The summed E-state index contributed by atoms with van der Waals surface area (Å²) in [5, 5.41) is 0. The van der Waals surface area contributed by atoms with Gasteiger partial charge in [-0.3, -0.25) is 4.79 Å². The number of carbonyl (C=O) groups excluding carboxylic acids is 1. The number of rotatable bonds is 5. The SMILES string of the molecule is C[C@](CCl)(O[Si](C)(C)C)C(=O)c1ccco1. The Morgan fingerprint density at radius 2 is 2.19 bits per heavy atom. The van der Waals surface area contributed by atoms with Crippen LogP contribution >= 0.6 is 11.6 Å². The number of furan rings is 1. The van der Waals surface area contributed by atoms with E-state index in [9.17, 15) is 4.79 Å². The van der Waals surface area contributed by atoms with Crippen LogP contribution in [0.25, 0.3) is 0 Å². The highest BCUT2D eigenvalue weighted by molar-refractivity contribution is 6.70. The normalized spacial score (nSPS) is 15.8. The molecular formula is C11H17ClO3Si. The Bertz CT molecular complexity index is 356. The van der Waals surface area contributed by atoms with Gasteiger partial charge in [-0.2, -0.15) is 0 Å². The van der Waals surface area contributed by atoms with Crippen molar-refractivity contribution in [2.24, 2.45) is 0 Å². The van der Waals surface area contributed by atoms with E-state index >= 15 is 0 Å². The van der Waals surface area contributed by atoms with Gasteiger partial charge < -0.3 is 8.84 Å². The van der Waals surface area contributed by atoms with E-state index < -0.39 is 13.9 Å². The molecule has 5 heteroatoms. The smallest absolute Gasteiger partial charge is 0.229 e. The van der Waals surface area contributed by atoms with Gasteiger partial charge in [0.1, 0.15) is 5.60 Å². The highest BCUT2D eigenvalue weighted by Gasteiger charge is 2.39.